The number of halogens is 6. The van der Waals surface area contributed by atoms with E-state index in [2.05, 4.69) is 15.2 Å². The van der Waals surface area contributed by atoms with Gasteiger partial charge in [-0.15, -0.1) is 5.10 Å². The van der Waals surface area contributed by atoms with Crippen molar-refractivity contribution in [2.45, 2.75) is 37.7 Å². The Morgan fingerprint density at radius 2 is 1.69 bits per heavy atom. The molecule has 3 aromatic rings. The van der Waals surface area contributed by atoms with Crippen molar-refractivity contribution < 1.29 is 35.8 Å². The van der Waals surface area contributed by atoms with Gasteiger partial charge in [0.1, 0.15) is 6.04 Å². The van der Waals surface area contributed by atoms with Crippen molar-refractivity contribution in [1.29, 1.82) is 0 Å². The van der Waals surface area contributed by atoms with Gasteiger partial charge < -0.3 is 20.1 Å². The molecule has 7 nitrogen and oxygen atoms in total. The van der Waals surface area contributed by atoms with Crippen LogP contribution in [0.1, 0.15) is 41.3 Å². The number of benzene rings is 2. The molecule has 0 saturated carbocycles. The second-order valence-corrected chi connectivity index (χ2v) is 7.93. The van der Waals surface area contributed by atoms with E-state index in [0.29, 0.717) is 24.2 Å². The predicted molar refractivity (Wildman–Crippen MR) is 113 cm³/mol. The highest BCUT2D eigenvalue weighted by atomic mass is 19.4. The standard InChI is InChI=1S/C22H21F6N5O2/c1-12(14-9-15(21(23,24)25)11-16(10-14)22(26,27)28)35-18-17(13-5-3-2-4-6-13)33(7-8-34-18)20-30-19(29)31-32-20/h2-6,9-12,17-18H,7-8H2,1H3,(H3,29,30,31,32)/t12?,17-,18+/m0/s1. The smallest absolute Gasteiger partial charge is 0.368 e. The van der Waals surface area contributed by atoms with Crippen LogP contribution in [0.25, 0.3) is 0 Å². The summed E-state index contributed by atoms with van der Waals surface area (Å²) in [6.45, 7) is 1.85. The van der Waals surface area contributed by atoms with Crippen LogP contribution >= 0.6 is 0 Å². The van der Waals surface area contributed by atoms with Crippen LogP contribution in [-0.4, -0.2) is 34.6 Å². The molecule has 0 aliphatic carbocycles. The molecule has 188 valence electrons. The molecule has 35 heavy (non-hydrogen) atoms. The zero-order chi connectivity index (χ0) is 25.4. The number of rotatable bonds is 5. The van der Waals surface area contributed by atoms with Gasteiger partial charge in [-0.3, -0.25) is 0 Å². The Bertz CT molecular complexity index is 1120. The highest BCUT2D eigenvalue weighted by Crippen LogP contribution is 2.40. The van der Waals surface area contributed by atoms with Gasteiger partial charge in [0.25, 0.3) is 0 Å². The second-order valence-electron chi connectivity index (χ2n) is 7.93. The van der Waals surface area contributed by atoms with Gasteiger partial charge in [-0.05, 0) is 36.2 Å². The van der Waals surface area contributed by atoms with Gasteiger partial charge in [0.15, 0.2) is 6.29 Å². The molecule has 13 heteroatoms. The van der Waals surface area contributed by atoms with Crippen LogP contribution in [0.5, 0.6) is 0 Å². The summed E-state index contributed by atoms with van der Waals surface area (Å²) in [5.74, 6) is 0.326. The summed E-state index contributed by atoms with van der Waals surface area (Å²) in [6, 6.07) is 9.63. The molecule has 1 fully saturated rings. The quantitative estimate of drug-likeness (QED) is 0.473. The van der Waals surface area contributed by atoms with Crippen molar-refractivity contribution in [3.05, 3.63) is 70.8 Å². The van der Waals surface area contributed by atoms with Crippen molar-refractivity contribution in [3.63, 3.8) is 0 Å². The van der Waals surface area contributed by atoms with E-state index >= 15 is 0 Å². The zero-order valence-corrected chi connectivity index (χ0v) is 18.3. The molecule has 0 bridgehead atoms. The highest BCUT2D eigenvalue weighted by molar-refractivity contribution is 5.40. The summed E-state index contributed by atoms with van der Waals surface area (Å²) in [5.41, 5.74) is 3.25. The predicted octanol–water partition coefficient (Wildman–Crippen LogP) is 5.11. The lowest BCUT2D eigenvalue weighted by Crippen LogP contribution is -2.47. The van der Waals surface area contributed by atoms with Gasteiger partial charge in [0, 0.05) is 6.54 Å². The number of ether oxygens (including phenoxy) is 2. The van der Waals surface area contributed by atoms with E-state index in [4.69, 9.17) is 15.2 Å². The molecule has 1 aromatic heterocycles. The Labute approximate surface area is 195 Å². The molecule has 1 aliphatic rings. The number of alkyl halides is 6. The normalized spacial score (nSPS) is 20.1. The zero-order valence-electron chi connectivity index (χ0n) is 18.3. The summed E-state index contributed by atoms with van der Waals surface area (Å²) in [4.78, 5) is 5.88. The first-order valence-electron chi connectivity index (χ1n) is 10.5. The molecule has 2 heterocycles. The fourth-order valence-corrected chi connectivity index (χ4v) is 3.86. The minimum atomic E-state index is -4.97. The number of nitrogens with two attached hydrogens (primary N) is 1. The molecule has 1 saturated heterocycles. The number of aromatic amines is 1. The number of nitrogen functional groups attached to an aromatic ring is 1. The number of nitrogens with one attached hydrogen (secondary N) is 1. The van der Waals surface area contributed by atoms with Crippen molar-refractivity contribution >= 4 is 11.9 Å². The van der Waals surface area contributed by atoms with Gasteiger partial charge in [0.2, 0.25) is 11.9 Å². The molecule has 1 unspecified atom stereocenters. The number of anilines is 2. The molecule has 3 atom stereocenters. The molecule has 0 radical (unpaired) electrons. The Morgan fingerprint density at radius 3 is 2.23 bits per heavy atom. The van der Waals surface area contributed by atoms with E-state index in [1.54, 1.807) is 35.2 Å². The van der Waals surface area contributed by atoms with Gasteiger partial charge >= 0.3 is 12.4 Å². The summed E-state index contributed by atoms with van der Waals surface area (Å²) in [6.07, 6.45) is -12.2. The molecule has 2 aromatic carbocycles. The molecular weight excluding hydrogens is 480 g/mol. The first kappa shape index (κ1) is 24.8. The number of morpholine rings is 1. The molecule has 1 aliphatic heterocycles. The van der Waals surface area contributed by atoms with Crippen molar-refractivity contribution in [3.8, 4) is 0 Å². The van der Waals surface area contributed by atoms with E-state index in [1.165, 1.54) is 6.92 Å². The maximum Gasteiger partial charge on any atom is 0.416 e. The fourth-order valence-electron chi connectivity index (χ4n) is 3.86. The summed E-state index contributed by atoms with van der Waals surface area (Å²) >= 11 is 0. The number of hydrogen-bond acceptors (Lipinski definition) is 6. The van der Waals surface area contributed by atoms with Crippen molar-refractivity contribution in [2.24, 2.45) is 0 Å². The molecule has 3 N–H and O–H groups in total. The highest BCUT2D eigenvalue weighted by Gasteiger charge is 2.40. The molecule has 0 spiro atoms. The number of H-pyrrole nitrogens is 1. The van der Waals surface area contributed by atoms with E-state index in [0.717, 1.165) is 0 Å². The monoisotopic (exact) mass is 501 g/mol. The lowest BCUT2D eigenvalue weighted by molar-refractivity contribution is -0.192. The Morgan fingerprint density at radius 1 is 1.06 bits per heavy atom. The number of aromatic nitrogens is 3. The van der Waals surface area contributed by atoms with Crippen LogP contribution in [0.2, 0.25) is 0 Å². The van der Waals surface area contributed by atoms with Crippen LogP contribution in [0.4, 0.5) is 38.2 Å². The third-order valence-corrected chi connectivity index (χ3v) is 5.51. The average molecular weight is 501 g/mol. The van der Waals surface area contributed by atoms with Crippen LogP contribution in [0.15, 0.2) is 48.5 Å². The Hall–Kier alpha value is -3.32. The minimum Gasteiger partial charge on any atom is -0.368 e. The second kappa shape index (κ2) is 9.38. The Balaban J connectivity index is 1.68. The lowest BCUT2D eigenvalue weighted by atomic mass is 10.0. The first-order valence-corrected chi connectivity index (χ1v) is 10.5. The van der Waals surface area contributed by atoms with E-state index in [1.807, 2.05) is 0 Å². The van der Waals surface area contributed by atoms with E-state index < -0.39 is 41.9 Å². The van der Waals surface area contributed by atoms with Crippen molar-refractivity contribution in [2.75, 3.05) is 23.8 Å². The van der Waals surface area contributed by atoms with Gasteiger partial charge in [0.05, 0.1) is 23.8 Å². The third-order valence-electron chi connectivity index (χ3n) is 5.51. The molecule has 4 rings (SSSR count). The number of nitrogens with zero attached hydrogens (tertiary/aromatic N) is 3. The summed E-state index contributed by atoms with van der Waals surface area (Å²) in [7, 11) is 0. The Kier molecular flexibility index (Phi) is 6.64. The molecule has 0 amide bonds. The number of hydrogen-bond donors (Lipinski definition) is 2. The van der Waals surface area contributed by atoms with Crippen LogP contribution in [0, 0.1) is 0 Å². The average Bonchev–Trinajstić information content (AvgIpc) is 3.24. The summed E-state index contributed by atoms with van der Waals surface area (Å²) in [5, 5.41) is 6.61. The van der Waals surface area contributed by atoms with Gasteiger partial charge in [-0.1, -0.05) is 30.3 Å². The van der Waals surface area contributed by atoms with Crippen LogP contribution in [0.3, 0.4) is 0 Å². The molecular formula is C22H21F6N5O2. The van der Waals surface area contributed by atoms with E-state index in [-0.39, 0.29) is 30.1 Å². The third kappa shape index (κ3) is 5.51. The van der Waals surface area contributed by atoms with E-state index in [9.17, 15) is 26.3 Å². The fraction of sp³-hybridized carbons (Fsp3) is 0.364. The topological polar surface area (TPSA) is 89.3 Å². The minimum absolute atomic E-state index is 0.0767. The SMILES string of the molecule is CC(O[C@H]1OCCN(c2n[nH]c(N)n2)[C@H]1c1ccccc1)c1cc(C(F)(F)F)cc(C(F)(F)F)c1. The largest absolute Gasteiger partial charge is 0.416 e. The van der Waals surface area contributed by atoms with Gasteiger partial charge in [-0.2, -0.15) is 31.3 Å². The van der Waals surface area contributed by atoms with Crippen LogP contribution < -0.4 is 10.6 Å². The van der Waals surface area contributed by atoms with Crippen molar-refractivity contribution in [1.82, 2.24) is 15.2 Å². The summed E-state index contributed by atoms with van der Waals surface area (Å²) < 4.78 is 91.6. The lowest BCUT2D eigenvalue weighted by Gasteiger charge is -2.41. The van der Waals surface area contributed by atoms with Crippen LogP contribution in [-0.2, 0) is 21.8 Å². The van der Waals surface area contributed by atoms with Gasteiger partial charge in [-0.25, -0.2) is 5.10 Å². The maximum atomic E-state index is 13.3. The first-order chi connectivity index (χ1) is 16.4. The maximum absolute atomic E-state index is 13.3.